The average Bonchev–Trinajstić information content (AvgIpc) is 2.79. The van der Waals surface area contributed by atoms with Gasteiger partial charge in [0.2, 0.25) is 0 Å². The van der Waals surface area contributed by atoms with Gasteiger partial charge in [0.1, 0.15) is 18.2 Å². The summed E-state index contributed by atoms with van der Waals surface area (Å²) in [6.07, 6.45) is -1.21. The minimum absolute atomic E-state index is 0.0169. The molecule has 0 saturated carbocycles. The van der Waals surface area contributed by atoms with Gasteiger partial charge in [-0.3, -0.25) is 9.59 Å². The van der Waals surface area contributed by atoms with E-state index in [1.54, 1.807) is 47.6 Å². The van der Waals surface area contributed by atoms with E-state index in [4.69, 9.17) is 34.2 Å². The van der Waals surface area contributed by atoms with Crippen molar-refractivity contribution in [3.63, 3.8) is 0 Å². The molecule has 0 fully saturated rings. The third kappa shape index (κ3) is 12.8. The number of hydrogen-bond acceptors (Lipinski definition) is 11. The lowest BCUT2D eigenvalue weighted by atomic mass is 10.1. The maximum atomic E-state index is 12.6. The number of carbonyl (C=O) groups excluding carboxylic acids is 4. The zero-order valence-electron chi connectivity index (χ0n) is 23.3. The molecule has 0 radical (unpaired) electrons. The third-order valence-corrected chi connectivity index (χ3v) is 5.08. The van der Waals surface area contributed by atoms with E-state index in [0.29, 0.717) is 12.0 Å². The van der Waals surface area contributed by atoms with Crippen molar-refractivity contribution >= 4 is 24.2 Å². The molecule has 1 rings (SSSR count). The summed E-state index contributed by atoms with van der Waals surface area (Å²) in [4.78, 5) is 48.5. The van der Waals surface area contributed by atoms with Gasteiger partial charge in [0.25, 0.3) is 0 Å². The second-order valence-electron chi connectivity index (χ2n) is 9.42. The normalized spacial score (nSPS) is 13.3. The highest BCUT2D eigenvalue weighted by Crippen LogP contribution is 2.30. The first-order valence-electron chi connectivity index (χ1n) is 12.9. The number of esters is 2. The van der Waals surface area contributed by atoms with E-state index in [2.05, 4.69) is 0 Å². The van der Waals surface area contributed by atoms with E-state index in [1.165, 1.54) is 12.1 Å². The van der Waals surface area contributed by atoms with Crippen LogP contribution in [0.3, 0.4) is 0 Å². The van der Waals surface area contributed by atoms with Crippen LogP contribution in [0, 0.1) is 0 Å². The van der Waals surface area contributed by atoms with Crippen LogP contribution >= 0.6 is 0 Å². The molecule has 2 N–H and O–H groups in total. The molecule has 0 spiro atoms. The van der Waals surface area contributed by atoms with Gasteiger partial charge in [0.05, 0.1) is 12.2 Å². The molecule has 38 heavy (non-hydrogen) atoms. The maximum absolute atomic E-state index is 12.6. The second-order valence-corrected chi connectivity index (χ2v) is 9.42. The van der Waals surface area contributed by atoms with Crippen molar-refractivity contribution in [2.75, 3.05) is 0 Å². The molecule has 0 heterocycles. The molecule has 11 heteroatoms. The lowest BCUT2D eigenvalue weighted by molar-refractivity contribution is -0.166. The van der Waals surface area contributed by atoms with Gasteiger partial charge in [-0.15, -0.1) is 0 Å². The highest BCUT2D eigenvalue weighted by atomic mass is 16.7. The highest BCUT2D eigenvalue weighted by molar-refractivity contribution is 5.76. The summed E-state index contributed by atoms with van der Waals surface area (Å²) in [5.41, 5.74) is 6.55. The van der Waals surface area contributed by atoms with Gasteiger partial charge in [-0.25, -0.2) is 9.59 Å². The fraction of sp³-hybridized carbons (Fsp3) is 0.630. The number of benzene rings is 1. The van der Waals surface area contributed by atoms with Crippen molar-refractivity contribution in [2.24, 2.45) is 5.73 Å². The summed E-state index contributed by atoms with van der Waals surface area (Å²) in [7, 11) is 0. The average molecular weight is 540 g/mol. The Hall–Kier alpha value is -3.34. The molecule has 1 aromatic rings. The van der Waals surface area contributed by atoms with Gasteiger partial charge < -0.3 is 34.2 Å². The number of carbonyl (C=O) groups is 4. The van der Waals surface area contributed by atoms with Crippen LogP contribution in [0.2, 0.25) is 0 Å². The van der Waals surface area contributed by atoms with Crippen LogP contribution < -0.4 is 15.2 Å². The summed E-state index contributed by atoms with van der Waals surface area (Å²) < 4.78 is 31.1. The van der Waals surface area contributed by atoms with Crippen LogP contribution in [0.5, 0.6) is 11.5 Å². The molecule has 0 aliphatic carbocycles. The molecule has 0 saturated heterocycles. The van der Waals surface area contributed by atoms with E-state index >= 15 is 0 Å². The summed E-state index contributed by atoms with van der Waals surface area (Å²) in [5.74, 6) is -1.25. The zero-order valence-corrected chi connectivity index (χ0v) is 23.3. The molecule has 11 nitrogen and oxygen atoms in total. The minimum atomic E-state index is -1.07. The van der Waals surface area contributed by atoms with Gasteiger partial charge >= 0.3 is 24.2 Å². The third-order valence-electron chi connectivity index (χ3n) is 5.08. The van der Waals surface area contributed by atoms with Gasteiger partial charge in [-0.1, -0.05) is 25.8 Å². The highest BCUT2D eigenvalue weighted by Gasteiger charge is 2.25. The Bertz CT molecular complexity index is 930. The molecule has 0 aliphatic rings. The number of unbranched alkanes of at least 4 members (excludes halogenated alkanes) is 2. The fourth-order valence-corrected chi connectivity index (χ4v) is 3.04. The predicted octanol–water partition coefficient (Wildman–Crippen LogP) is 4.85. The SMILES string of the molecule is CCCCCC(=O)O[C@@H](C)[C@H](C)OC(=O)[C@@H](N)Cc1ccc(OC(=O)OC(C)C)c(OC(=O)OC(C)C)c1. The van der Waals surface area contributed by atoms with Crippen molar-refractivity contribution in [3.05, 3.63) is 23.8 Å². The van der Waals surface area contributed by atoms with Crippen molar-refractivity contribution in [3.8, 4) is 11.5 Å². The van der Waals surface area contributed by atoms with Gasteiger partial charge in [0.15, 0.2) is 11.5 Å². The van der Waals surface area contributed by atoms with Gasteiger partial charge in [-0.05, 0) is 72.1 Å². The summed E-state index contributed by atoms with van der Waals surface area (Å²) in [6, 6.07) is 3.26. The molecular formula is C27H41NO10. The summed E-state index contributed by atoms with van der Waals surface area (Å²) in [5, 5.41) is 0. The lowest BCUT2D eigenvalue weighted by Gasteiger charge is -2.22. The molecule has 0 bridgehead atoms. The Morgan fingerprint density at radius 1 is 0.763 bits per heavy atom. The quantitative estimate of drug-likeness (QED) is 0.150. The number of nitrogens with two attached hydrogens (primary N) is 1. The number of rotatable bonds is 14. The first-order valence-corrected chi connectivity index (χ1v) is 12.9. The first kappa shape index (κ1) is 32.7. The first-order chi connectivity index (χ1) is 17.8. The van der Waals surface area contributed by atoms with Crippen LogP contribution in [0.15, 0.2) is 18.2 Å². The lowest BCUT2D eigenvalue weighted by Crippen LogP contribution is -2.39. The van der Waals surface area contributed by atoms with Crippen molar-refractivity contribution < 1.29 is 47.6 Å². The smallest absolute Gasteiger partial charge is 0.459 e. The topological polar surface area (TPSA) is 150 Å². The number of ether oxygens (including phenoxy) is 6. The van der Waals surface area contributed by atoms with Crippen LogP contribution in [-0.4, -0.2) is 54.7 Å². The van der Waals surface area contributed by atoms with Gasteiger partial charge in [-0.2, -0.15) is 0 Å². The summed E-state index contributed by atoms with van der Waals surface area (Å²) >= 11 is 0. The van der Waals surface area contributed by atoms with Crippen LogP contribution in [0.4, 0.5) is 9.59 Å². The Kier molecular flexibility index (Phi) is 14.2. The van der Waals surface area contributed by atoms with Crippen LogP contribution in [0.25, 0.3) is 0 Å². The van der Waals surface area contributed by atoms with E-state index in [9.17, 15) is 19.2 Å². The molecule has 1 aromatic carbocycles. The predicted molar refractivity (Wildman–Crippen MR) is 138 cm³/mol. The Morgan fingerprint density at radius 3 is 1.87 bits per heavy atom. The van der Waals surface area contributed by atoms with E-state index in [-0.39, 0.29) is 23.9 Å². The second kappa shape index (κ2) is 16.5. The molecular weight excluding hydrogens is 498 g/mol. The Balaban J connectivity index is 2.86. The van der Waals surface area contributed by atoms with Crippen LogP contribution in [0.1, 0.15) is 79.7 Å². The van der Waals surface area contributed by atoms with E-state index in [1.807, 2.05) is 6.92 Å². The van der Waals surface area contributed by atoms with Crippen molar-refractivity contribution in [1.82, 2.24) is 0 Å². The summed E-state index contributed by atoms with van der Waals surface area (Å²) in [6.45, 7) is 11.9. The van der Waals surface area contributed by atoms with Crippen molar-refractivity contribution in [1.29, 1.82) is 0 Å². The number of hydrogen-bond donors (Lipinski definition) is 1. The zero-order chi connectivity index (χ0) is 28.8. The molecule has 0 aromatic heterocycles. The minimum Gasteiger partial charge on any atom is -0.459 e. The fourth-order valence-electron chi connectivity index (χ4n) is 3.04. The van der Waals surface area contributed by atoms with Gasteiger partial charge in [0, 0.05) is 6.42 Å². The standard InChI is InChI=1S/C27H41NO10/c1-8-9-10-11-24(29)35-18(6)19(7)36-25(30)21(28)14-20-12-13-22(37-26(31)33-16(2)3)23(15-20)38-27(32)34-17(4)5/h12-13,15-19,21H,8-11,14,28H2,1-7H3/t18-,19-,21-/m0/s1. The van der Waals surface area contributed by atoms with E-state index in [0.717, 1.165) is 19.3 Å². The molecule has 3 atom stereocenters. The van der Waals surface area contributed by atoms with Crippen LogP contribution in [-0.2, 0) is 35.0 Å². The van der Waals surface area contributed by atoms with E-state index < -0.39 is 48.7 Å². The molecule has 0 unspecified atom stereocenters. The maximum Gasteiger partial charge on any atom is 0.514 e. The largest absolute Gasteiger partial charge is 0.514 e. The van der Waals surface area contributed by atoms with Crippen molar-refractivity contribution in [2.45, 2.75) is 111 Å². The molecule has 0 amide bonds. The molecule has 0 aliphatic heterocycles. The Labute approximate surface area is 224 Å². The molecule has 214 valence electrons. The Morgan fingerprint density at radius 2 is 1.32 bits per heavy atom. The monoisotopic (exact) mass is 539 g/mol.